The van der Waals surface area contributed by atoms with Gasteiger partial charge in [0.1, 0.15) is 0 Å². The Morgan fingerprint density at radius 1 is 1.29 bits per heavy atom. The van der Waals surface area contributed by atoms with E-state index in [0.717, 1.165) is 17.7 Å². The molecule has 2 rings (SSSR count). The second kappa shape index (κ2) is 5.25. The fraction of sp³-hybridized carbons (Fsp3) is 0.467. The van der Waals surface area contributed by atoms with Crippen LogP contribution in [0.25, 0.3) is 5.57 Å². The highest BCUT2D eigenvalue weighted by Gasteiger charge is 2.35. The molecular weight excluding hydrogens is 299 g/mol. The molecule has 0 radical (unpaired) electrons. The summed E-state index contributed by atoms with van der Waals surface area (Å²) in [5.74, 6) is 0. The number of nitrogens with one attached hydrogen (secondary N) is 1. The minimum Gasteiger partial charge on any atom is -0.242 e. The summed E-state index contributed by atoms with van der Waals surface area (Å²) in [6.07, 6.45) is -3.90. The zero-order valence-corrected chi connectivity index (χ0v) is 13.0. The van der Waals surface area contributed by atoms with Gasteiger partial charge in [-0.2, -0.15) is 13.2 Å². The quantitative estimate of drug-likeness (QED) is 0.869. The third-order valence-electron chi connectivity index (χ3n) is 3.39. The van der Waals surface area contributed by atoms with Crippen molar-refractivity contribution in [2.75, 3.05) is 0 Å². The highest BCUT2D eigenvalue weighted by molar-refractivity contribution is 7.84. The fourth-order valence-corrected chi connectivity index (χ4v) is 3.04. The maximum Gasteiger partial charge on any atom is 0.416 e. The standard InChI is InChI=1S/C15H18F3NOS/c1-9-7-13(19-21(20)14(2,3)4)11-6-5-10(8-12(9)11)15(16,17)18/h5-6,8,13,19H,1,7H2,2-4H3/t13-,21-/m1/s1. The van der Waals surface area contributed by atoms with Crippen molar-refractivity contribution >= 4 is 16.6 Å². The zero-order chi connectivity index (χ0) is 16.0. The van der Waals surface area contributed by atoms with Crippen LogP contribution in [0.3, 0.4) is 0 Å². The van der Waals surface area contributed by atoms with E-state index in [9.17, 15) is 17.4 Å². The van der Waals surface area contributed by atoms with Gasteiger partial charge < -0.3 is 0 Å². The summed E-state index contributed by atoms with van der Waals surface area (Å²) >= 11 is 0. The van der Waals surface area contributed by atoms with Gasteiger partial charge in [-0.15, -0.1) is 0 Å². The summed E-state index contributed by atoms with van der Waals surface area (Å²) in [5.41, 5.74) is 1.19. The van der Waals surface area contributed by atoms with Crippen LogP contribution in [-0.2, 0) is 17.2 Å². The molecule has 0 aromatic heterocycles. The Kier molecular flexibility index (Phi) is 4.06. The third kappa shape index (κ3) is 3.37. The normalized spacial score (nSPS) is 20.5. The molecule has 0 spiro atoms. The van der Waals surface area contributed by atoms with Crippen LogP contribution in [0.5, 0.6) is 0 Å². The molecule has 1 aromatic carbocycles. The summed E-state index contributed by atoms with van der Waals surface area (Å²) in [7, 11) is -1.29. The van der Waals surface area contributed by atoms with Gasteiger partial charge >= 0.3 is 6.18 Å². The molecule has 0 saturated heterocycles. The first-order valence-corrected chi connectivity index (χ1v) is 7.72. The number of hydrogen-bond donors (Lipinski definition) is 1. The largest absolute Gasteiger partial charge is 0.416 e. The number of halogens is 3. The van der Waals surface area contributed by atoms with E-state index < -0.39 is 27.5 Å². The molecule has 1 N–H and O–H groups in total. The van der Waals surface area contributed by atoms with Crippen molar-refractivity contribution in [1.29, 1.82) is 0 Å². The van der Waals surface area contributed by atoms with Crippen LogP contribution in [0.2, 0.25) is 0 Å². The molecule has 0 amide bonds. The molecule has 2 atom stereocenters. The van der Waals surface area contributed by atoms with E-state index in [1.165, 1.54) is 6.07 Å². The van der Waals surface area contributed by atoms with Crippen LogP contribution < -0.4 is 4.72 Å². The summed E-state index contributed by atoms with van der Waals surface area (Å²) < 4.78 is 53.0. The van der Waals surface area contributed by atoms with Crippen molar-refractivity contribution in [1.82, 2.24) is 4.72 Å². The molecule has 6 heteroatoms. The van der Waals surface area contributed by atoms with Crippen LogP contribution >= 0.6 is 0 Å². The van der Waals surface area contributed by atoms with Gasteiger partial charge in [-0.25, -0.2) is 8.93 Å². The Labute approximate surface area is 125 Å². The van der Waals surface area contributed by atoms with Crippen molar-refractivity contribution in [3.63, 3.8) is 0 Å². The molecule has 0 fully saturated rings. The van der Waals surface area contributed by atoms with E-state index >= 15 is 0 Å². The third-order valence-corrected chi connectivity index (χ3v) is 5.00. The molecule has 1 aliphatic carbocycles. The van der Waals surface area contributed by atoms with Gasteiger partial charge in [0.05, 0.1) is 21.3 Å². The number of fused-ring (bicyclic) bond motifs is 1. The van der Waals surface area contributed by atoms with E-state index in [4.69, 9.17) is 0 Å². The SMILES string of the molecule is C=C1C[C@@H](N[S@](=O)C(C)(C)C)c2ccc(C(F)(F)F)cc21. The van der Waals surface area contributed by atoms with Crippen molar-refractivity contribution < 1.29 is 17.4 Å². The number of benzene rings is 1. The van der Waals surface area contributed by atoms with Gasteiger partial charge in [-0.1, -0.05) is 12.6 Å². The van der Waals surface area contributed by atoms with E-state index in [1.54, 1.807) is 0 Å². The lowest BCUT2D eigenvalue weighted by Crippen LogP contribution is -2.35. The Hall–Kier alpha value is -1.14. The topological polar surface area (TPSA) is 29.1 Å². The number of rotatable bonds is 2. The molecule has 0 heterocycles. The van der Waals surface area contributed by atoms with Crippen molar-refractivity contribution in [2.24, 2.45) is 0 Å². The zero-order valence-electron chi connectivity index (χ0n) is 12.2. The average Bonchev–Trinajstić information content (AvgIpc) is 2.64. The lowest BCUT2D eigenvalue weighted by Gasteiger charge is -2.22. The lowest BCUT2D eigenvalue weighted by atomic mass is 10.0. The first-order valence-electron chi connectivity index (χ1n) is 6.57. The number of hydrogen-bond acceptors (Lipinski definition) is 1. The highest BCUT2D eigenvalue weighted by Crippen LogP contribution is 2.42. The summed E-state index contributed by atoms with van der Waals surface area (Å²) in [5, 5.41) is 0. The Balaban J connectivity index is 2.31. The molecule has 0 aliphatic heterocycles. The molecule has 0 saturated carbocycles. The van der Waals surface area contributed by atoms with E-state index in [-0.39, 0.29) is 6.04 Å². The van der Waals surface area contributed by atoms with Crippen molar-refractivity contribution in [3.8, 4) is 0 Å². The summed E-state index contributed by atoms with van der Waals surface area (Å²) in [6.45, 7) is 9.35. The first-order chi connectivity index (χ1) is 9.50. The molecule has 116 valence electrons. The second-order valence-corrected chi connectivity index (χ2v) is 8.16. The predicted molar refractivity (Wildman–Crippen MR) is 78.9 cm³/mol. The average molecular weight is 317 g/mol. The second-order valence-electron chi connectivity index (χ2n) is 6.16. The van der Waals surface area contributed by atoms with Gasteiger partial charge in [0.25, 0.3) is 0 Å². The maximum atomic E-state index is 12.8. The lowest BCUT2D eigenvalue weighted by molar-refractivity contribution is -0.137. The molecular formula is C15H18F3NOS. The monoisotopic (exact) mass is 317 g/mol. The molecule has 0 unspecified atom stereocenters. The molecule has 1 aromatic rings. The van der Waals surface area contributed by atoms with Crippen LogP contribution in [-0.4, -0.2) is 8.96 Å². The minimum absolute atomic E-state index is 0.255. The predicted octanol–water partition coefficient (Wildman–Crippen LogP) is 4.22. The molecule has 2 nitrogen and oxygen atoms in total. The van der Waals surface area contributed by atoms with Crippen molar-refractivity contribution in [3.05, 3.63) is 41.5 Å². The van der Waals surface area contributed by atoms with Gasteiger partial charge in [-0.05, 0) is 56.0 Å². The fourth-order valence-electron chi connectivity index (χ4n) is 2.22. The van der Waals surface area contributed by atoms with Crippen LogP contribution in [0.15, 0.2) is 24.8 Å². The molecule has 21 heavy (non-hydrogen) atoms. The van der Waals surface area contributed by atoms with Gasteiger partial charge in [0.2, 0.25) is 0 Å². The van der Waals surface area contributed by atoms with Crippen LogP contribution in [0, 0.1) is 0 Å². The summed E-state index contributed by atoms with van der Waals surface area (Å²) in [6, 6.07) is 3.38. The van der Waals surface area contributed by atoms with Gasteiger partial charge in [-0.3, -0.25) is 0 Å². The number of alkyl halides is 3. The van der Waals surface area contributed by atoms with E-state index in [2.05, 4.69) is 11.3 Å². The van der Waals surface area contributed by atoms with Crippen LogP contribution in [0.4, 0.5) is 13.2 Å². The first kappa shape index (κ1) is 16.2. The Bertz CT molecular complexity index is 602. The minimum atomic E-state index is -4.37. The Morgan fingerprint density at radius 3 is 2.43 bits per heavy atom. The van der Waals surface area contributed by atoms with Gasteiger partial charge in [0, 0.05) is 6.04 Å². The maximum absolute atomic E-state index is 12.8. The Morgan fingerprint density at radius 2 is 1.90 bits per heavy atom. The smallest absolute Gasteiger partial charge is 0.242 e. The van der Waals surface area contributed by atoms with Crippen LogP contribution in [0.1, 0.15) is 49.9 Å². The molecule has 0 bridgehead atoms. The van der Waals surface area contributed by atoms with E-state index in [1.807, 2.05) is 20.8 Å². The van der Waals surface area contributed by atoms with E-state index in [0.29, 0.717) is 17.6 Å². The van der Waals surface area contributed by atoms with Gasteiger partial charge in [0.15, 0.2) is 0 Å². The highest BCUT2D eigenvalue weighted by atomic mass is 32.2. The molecule has 1 aliphatic rings. The van der Waals surface area contributed by atoms with Crippen molar-refractivity contribution in [2.45, 2.75) is 44.2 Å². The summed E-state index contributed by atoms with van der Waals surface area (Å²) in [4.78, 5) is 0.